The number of hydrogen-bond donors (Lipinski definition) is 1. The lowest BCUT2D eigenvalue weighted by Crippen LogP contribution is -2.38. The molecular weight excluding hydrogens is 570 g/mol. The molecule has 1 aromatic carbocycles. The van der Waals surface area contributed by atoms with Crippen LogP contribution in [0.25, 0.3) is 0 Å². The molecule has 0 heterocycles. The van der Waals surface area contributed by atoms with Crippen molar-refractivity contribution in [2.24, 2.45) is 0 Å². The highest BCUT2D eigenvalue weighted by Gasteiger charge is 2.36. The second-order valence-electron chi connectivity index (χ2n) is 5.97. The number of halogens is 4. The Labute approximate surface area is 180 Å². The number of nitrogens with one attached hydrogen (secondary N) is 1. The average Bonchev–Trinajstić information content (AvgIpc) is 2.55. The van der Waals surface area contributed by atoms with E-state index in [-0.39, 0.29) is 21.3 Å². The Morgan fingerprint density at radius 3 is 2.50 bits per heavy atom. The predicted molar refractivity (Wildman–Crippen MR) is 117 cm³/mol. The van der Waals surface area contributed by atoms with Gasteiger partial charge in [-0.05, 0) is 43.5 Å². The fourth-order valence-corrected chi connectivity index (χ4v) is 4.94. The largest absolute Gasteiger partial charge is 0.493 e. The Hall–Kier alpha value is 0.700. The zero-order valence-electron chi connectivity index (χ0n) is 14.0. The van der Waals surface area contributed by atoms with E-state index in [9.17, 15) is 0 Å². The quantitative estimate of drug-likeness (QED) is 0.311. The van der Waals surface area contributed by atoms with E-state index in [1.807, 2.05) is 12.1 Å². The number of rotatable bonds is 7. The van der Waals surface area contributed by atoms with Crippen molar-refractivity contribution in [1.82, 2.24) is 5.32 Å². The Morgan fingerprint density at radius 2 is 1.88 bits per heavy atom. The van der Waals surface area contributed by atoms with E-state index in [0.29, 0.717) is 4.83 Å². The van der Waals surface area contributed by atoms with Gasteiger partial charge in [0.05, 0.1) is 14.2 Å². The van der Waals surface area contributed by atoms with Gasteiger partial charge in [-0.25, -0.2) is 0 Å². The van der Waals surface area contributed by atoms with E-state index in [1.54, 1.807) is 14.2 Å². The van der Waals surface area contributed by atoms with Gasteiger partial charge in [0.1, 0.15) is 0 Å². The van der Waals surface area contributed by atoms with Gasteiger partial charge in [0.2, 0.25) is 0 Å². The van der Waals surface area contributed by atoms with E-state index >= 15 is 0 Å². The van der Waals surface area contributed by atoms with Crippen molar-refractivity contribution in [2.45, 2.75) is 47.8 Å². The fraction of sp³-hybridized carbons (Fsp3) is 0.647. The van der Waals surface area contributed by atoms with Crippen LogP contribution in [0.4, 0.5) is 0 Å². The van der Waals surface area contributed by atoms with Crippen molar-refractivity contribution in [3.05, 3.63) is 22.2 Å². The Balaban J connectivity index is 0.00000288. The van der Waals surface area contributed by atoms with Crippen LogP contribution in [0.3, 0.4) is 0 Å². The molecule has 0 bridgehead atoms. The van der Waals surface area contributed by atoms with Gasteiger partial charge in [-0.2, -0.15) is 0 Å². The third-order valence-electron chi connectivity index (χ3n) is 4.45. The van der Waals surface area contributed by atoms with Gasteiger partial charge in [0.25, 0.3) is 0 Å². The first-order valence-electron chi connectivity index (χ1n) is 7.94. The van der Waals surface area contributed by atoms with Crippen molar-refractivity contribution < 1.29 is 9.47 Å². The molecule has 7 heteroatoms. The SMILES string of the molecule is Br.COc1cc(Br)c(CNCC[C@]2(Br)CCCC[C@@H]2Br)cc1OC. The van der Waals surface area contributed by atoms with Crippen molar-refractivity contribution in [3.8, 4) is 11.5 Å². The molecule has 2 rings (SSSR count). The number of alkyl halides is 2. The molecule has 0 spiro atoms. The maximum atomic E-state index is 5.38. The second-order valence-corrected chi connectivity index (χ2v) is 9.51. The molecule has 2 atom stereocenters. The minimum absolute atomic E-state index is 0. The summed E-state index contributed by atoms with van der Waals surface area (Å²) in [5.74, 6) is 1.50. The molecule has 0 saturated heterocycles. The van der Waals surface area contributed by atoms with E-state index in [4.69, 9.17) is 9.47 Å². The standard InChI is InChI=1S/C17H24Br3NO2.BrH/c1-22-14-9-12(13(18)10-15(14)23-2)11-21-8-7-17(20)6-4-3-5-16(17)19;/h9-10,16,21H,3-8,11H2,1-2H3;1H/t16-,17+;/m0./s1. The van der Waals surface area contributed by atoms with Crippen LogP contribution < -0.4 is 14.8 Å². The maximum Gasteiger partial charge on any atom is 0.161 e. The van der Waals surface area contributed by atoms with Crippen molar-refractivity contribution in [3.63, 3.8) is 0 Å². The molecular formula is C17H25Br4NO2. The van der Waals surface area contributed by atoms with Crippen LogP contribution in [0.15, 0.2) is 16.6 Å². The van der Waals surface area contributed by atoms with E-state index < -0.39 is 0 Å². The zero-order chi connectivity index (χ0) is 16.9. The minimum atomic E-state index is 0. The molecule has 3 nitrogen and oxygen atoms in total. The highest BCUT2D eigenvalue weighted by molar-refractivity contribution is 9.12. The van der Waals surface area contributed by atoms with Gasteiger partial charge in [-0.3, -0.25) is 0 Å². The summed E-state index contributed by atoms with van der Waals surface area (Å²) in [4.78, 5) is 0.568. The van der Waals surface area contributed by atoms with Crippen molar-refractivity contribution in [1.29, 1.82) is 0 Å². The van der Waals surface area contributed by atoms with Gasteiger partial charge < -0.3 is 14.8 Å². The van der Waals surface area contributed by atoms with E-state index in [0.717, 1.165) is 35.5 Å². The lowest BCUT2D eigenvalue weighted by molar-refractivity contribution is 0.354. The molecule has 0 unspecified atom stereocenters. The fourth-order valence-electron chi connectivity index (χ4n) is 2.99. The Bertz CT molecular complexity index is 530. The number of ether oxygens (including phenoxy) is 2. The summed E-state index contributed by atoms with van der Waals surface area (Å²) in [6.07, 6.45) is 6.26. The van der Waals surface area contributed by atoms with Crippen molar-refractivity contribution in [2.75, 3.05) is 20.8 Å². The second kappa shape index (κ2) is 10.8. The number of benzene rings is 1. The molecule has 24 heavy (non-hydrogen) atoms. The molecule has 1 fully saturated rings. The van der Waals surface area contributed by atoms with Crippen LogP contribution in [0.5, 0.6) is 11.5 Å². The van der Waals surface area contributed by atoms with Gasteiger partial charge in [0, 0.05) is 20.2 Å². The molecule has 1 saturated carbocycles. The maximum absolute atomic E-state index is 5.38. The summed E-state index contributed by atoms with van der Waals surface area (Å²) in [5.41, 5.74) is 1.17. The molecule has 1 aliphatic rings. The topological polar surface area (TPSA) is 30.5 Å². The summed E-state index contributed by atoms with van der Waals surface area (Å²) in [5, 5.41) is 3.55. The highest BCUT2D eigenvalue weighted by Crippen LogP contribution is 2.42. The number of methoxy groups -OCH3 is 2. The molecule has 1 N–H and O–H groups in total. The molecule has 0 amide bonds. The molecule has 138 valence electrons. The summed E-state index contributed by atoms with van der Waals surface area (Å²) in [6.45, 7) is 1.78. The van der Waals surface area contributed by atoms with Gasteiger partial charge >= 0.3 is 0 Å². The lowest BCUT2D eigenvalue weighted by Gasteiger charge is -2.36. The normalized spacial score (nSPS) is 23.5. The summed E-state index contributed by atoms with van der Waals surface area (Å²) in [6, 6.07) is 3.98. The number of hydrogen-bond acceptors (Lipinski definition) is 3. The van der Waals surface area contributed by atoms with Gasteiger partial charge in [-0.1, -0.05) is 60.6 Å². The smallest absolute Gasteiger partial charge is 0.161 e. The Kier molecular flexibility index (Phi) is 10.2. The summed E-state index contributed by atoms with van der Waals surface area (Å²) in [7, 11) is 3.31. The molecule has 0 radical (unpaired) electrons. The molecule has 0 aliphatic heterocycles. The zero-order valence-corrected chi connectivity index (χ0v) is 20.5. The average molecular weight is 595 g/mol. The Morgan fingerprint density at radius 1 is 1.21 bits per heavy atom. The minimum Gasteiger partial charge on any atom is -0.493 e. The summed E-state index contributed by atoms with van der Waals surface area (Å²) < 4.78 is 12.0. The molecule has 1 aliphatic carbocycles. The summed E-state index contributed by atoms with van der Waals surface area (Å²) >= 11 is 11.4. The first kappa shape index (κ1) is 22.7. The first-order valence-corrected chi connectivity index (χ1v) is 10.4. The third kappa shape index (κ3) is 5.86. The molecule has 0 aromatic heterocycles. The van der Waals surface area contributed by atoms with Crippen molar-refractivity contribution >= 4 is 64.8 Å². The van der Waals surface area contributed by atoms with Gasteiger partial charge in [-0.15, -0.1) is 17.0 Å². The molecule has 1 aromatic rings. The van der Waals surface area contributed by atoms with Crippen LogP contribution in [0, 0.1) is 0 Å². The first-order chi connectivity index (χ1) is 11.0. The van der Waals surface area contributed by atoms with E-state index in [1.165, 1.54) is 31.2 Å². The van der Waals surface area contributed by atoms with Crippen LogP contribution in [0.1, 0.15) is 37.7 Å². The highest BCUT2D eigenvalue weighted by atomic mass is 79.9. The van der Waals surface area contributed by atoms with Crippen LogP contribution >= 0.6 is 64.8 Å². The van der Waals surface area contributed by atoms with Crippen LogP contribution in [-0.4, -0.2) is 29.9 Å². The van der Waals surface area contributed by atoms with Gasteiger partial charge in [0.15, 0.2) is 11.5 Å². The van der Waals surface area contributed by atoms with E-state index in [2.05, 4.69) is 53.1 Å². The van der Waals surface area contributed by atoms with Crippen LogP contribution in [-0.2, 0) is 6.54 Å². The third-order valence-corrected chi connectivity index (χ3v) is 8.48. The monoisotopic (exact) mass is 591 g/mol. The lowest BCUT2D eigenvalue weighted by atomic mass is 9.86. The van der Waals surface area contributed by atoms with Crippen LogP contribution in [0.2, 0.25) is 0 Å². The predicted octanol–water partition coefficient (Wildman–Crippen LogP) is 6.00.